The predicted molar refractivity (Wildman–Crippen MR) is 96.1 cm³/mol. The van der Waals surface area contributed by atoms with E-state index in [2.05, 4.69) is 10.6 Å². The van der Waals surface area contributed by atoms with Crippen LogP contribution in [0, 0.1) is 0 Å². The van der Waals surface area contributed by atoms with Gasteiger partial charge >= 0.3 is 0 Å². The lowest BCUT2D eigenvalue weighted by molar-refractivity contribution is -0.118. The van der Waals surface area contributed by atoms with Crippen LogP contribution in [0.3, 0.4) is 0 Å². The van der Waals surface area contributed by atoms with Crippen molar-refractivity contribution in [1.29, 1.82) is 0 Å². The van der Waals surface area contributed by atoms with Crippen molar-refractivity contribution < 1.29 is 23.8 Å². The zero-order chi connectivity index (χ0) is 18.7. The molecule has 0 saturated heterocycles. The molecule has 0 spiro atoms. The number of para-hydroxylation sites is 1. The first-order valence-electron chi connectivity index (χ1n) is 8.07. The predicted octanol–water partition coefficient (Wildman–Crippen LogP) is 2.01. The second kappa shape index (κ2) is 7.35. The molecule has 1 aliphatic heterocycles. The number of methoxy groups -OCH3 is 3. The van der Waals surface area contributed by atoms with Gasteiger partial charge in [-0.3, -0.25) is 9.59 Å². The van der Waals surface area contributed by atoms with E-state index in [0.717, 1.165) is 11.3 Å². The van der Waals surface area contributed by atoms with Crippen LogP contribution in [0.1, 0.15) is 15.9 Å². The largest absolute Gasteiger partial charge is 0.493 e. The van der Waals surface area contributed by atoms with Crippen molar-refractivity contribution in [2.24, 2.45) is 0 Å². The Labute approximate surface area is 151 Å². The molecule has 0 aliphatic carbocycles. The van der Waals surface area contributed by atoms with E-state index in [1.165, 1.54) is 21.3 Å². The van der Waals surface area contributed by atoms with Gasteiger partial charge < -0.3 is 24.8 Å². The van der Waals surface area contributed by atoms with Crippen LogP contribution in [0.15, 0.2) is 36.4 Å². The van der Waals surface area contributed by atoms with E-state index in [1.54, 1.807) is 12.1 Å². The van der Waals surface area contributed by atoms with Gasteiger partial charge in [-0.05, 0) is 23.8 Å². The summed E-state index contributed by atoms with van der Waals surface area (Å²) in [5, 5.41) is 5.57. The van der Waals surface area contributed by atoms with Crippen LogP contribution in [0.5, 0.6) is 17.2 Å². The molecule has 1 atom stereocenters. The average Bonchev–Trinajstić information content (AvgIpc) is 2.66. The minimum absolute atomic E-state index is 0.251. The van der Waals surface area contributed by atoms with Gasteiger partial charge in [0.15, 0.2) is 11.5 Å². The third-order valence-corrected chi connectivity index (χ3v) is 4.27. The Bertz CT molecular complexity index is 850. The first-order valence-corrected chi connectivity index (χ1v) is 8.07. The Morgan fingerprint density at radius 2 is 1.77 bits per heavy atom. The lowest BCUT2D eigenvalue weighted by Crippen LogP contribution is -2.47. The number of carbonyl (C=O) groups is 2. The molecule has 0 fully saturated rings. The molecule has 3 rings (SSSR count). The molecule has 0 aromatic heterocycles. The zero-order valence-corrected chi connectivity index (χ0v) is 14.8. The van der Waals surface area contributed by atoms with Gasteiger partial charge in [-0.1, -0.05) is 18.2 Å². The summed E-state index contributed by atoms with van der Waals surface area (Å²) >= 11 is 0. The van der Waals surface area contributed by atoms with Gasteiger partial charge in [0.25, 0.3) is 5.91 Å². The smallest absolute Gasteiger partial charge is 0.255 e. The first kappa shape index (κ1) is 17.6. The summed E-state index contributed by atoms with van der Waals surface area (Å²) in [7, 11) is 4.41. The number of anilines is 1. The van der Waals surface area contributed by atoms with Crippen molar-refractivity contribution in [3.05, 3.63) is 47.5 Å². The molecule has 0 radical (unpaired) electrons. The highest BCUT2D eigenvalue weighted by molar-refractivity contribution is 6.04. The molecule has 1 heterocycles. The van der Waals surface area contributed by atoms with Gasteiger partial charge in [0.05, 0.1) is 26.9 Å². The van der Waals surface area contributed by atoms with Gasteiger partial charge in [-0.15, -0.1) is 0 Å². The summed E-state index contributed by atoms with van der Waals surface area (Å²) in [6.45, 7) is 0. The van der Waals surface area contributed by atoms with E-state index in [9.17, 15) is 9.59 Å². The fourth-order valence-electron chi connectivity index (χ4n) is 2.99. The molecule has 0 unspecified atom stereocenters. The summed E-state index contributed by atoms with van der Waals surface area (Å²) in [5.74, 6) is 0.339. The van der Waals surface area contributed by atoms with E-state index in [-0.39, 0.29) is 17.2 Å². The Hall–Kier alpha value is -3.22. The molecule has 2 aromatic carbocycles. The van der Waals surface area contributed by atoms with Gasteiger partial charge in [0.2, 0.25) is 11.7 Å². The Morgan fingerprint density at radius 1 is 1.04 bits per heavy atom. The van der Waals surface area contributed by atoms with Crippen LogP contribution in [-0.2, 0) is 11.2 Å². The lowest BCUT2D eigenvalue weighted by atomic mass is 9.98. The number of carbonyl (C=O) groups excluding carboxylic acids is 2. The van der Waals surface area contributed by atoms with Crippen molar-refractivity contribution in [3.63, 3.8) is 0 Å². The van der Waals surface area contributed by atoms with E-state index in [1.807, 2.05) is 24.3 Å². The van der Waals surface area contributed by atoms with Gasteiger partial charge in [-0.25, -0.2) is 0 Å². The van der Waals surface area contributed by atoms with Crippen LogP contribution in [0.2, 0.25) is 0 Å². The molecule has 2 amide bonds. The van der Waals surface area contributed by atoms with Crippen LogP contribution in [0.4, 0.5) is 5.69 Å². The Balaban J connectivity index is 1.86. The molecule has 26 heavy (non-hydrogen) atoms. The van der Waals surface area contributed by atoms with Gasteiger partial charge in [-0.2, -0.15) is 0 Å². The zero-order valence-electron chi connectivity index (χ0n) is 14.8. The highest BCUT2D eigenvalue weighted by Crippen LogP contribution is 2.39. The number of benzene rings is 2. The third-order valence-electron chi connectivity index (χ3n) is 4.27. The summed E-state index contributed by atoms with van der Waals surface area (Å²) in [6, 6.07) is 10.0. The molecular formula is C19H20N2O5. The molecule has 1 aliphatic rings. The number of amides is 2. The van der Waals surface area contributed by atoms with Crippen LogP contribution in [0.25, 0.3) is 0 Å². The van der Waals surface area contributed by atoms with Gasteiger partial charge in [0, 0.05) is 12.1 Å². The molecule has 0 saturated carbocycles. The molecule has 0 bridgehead atoms. The molecule has 2 aromatic rings. The molecule has 136 valence electrons. The second-order valence-electron chi connectivity index (χ2n) is 5.76. The number of hydrogen-bond acceptors (Lipinski definition) is 5. The molecule has 2 N–H and O–H groups in total. The molecule has 7 nitrogen and oxygen atoms in total. The molecule has 7 heteroatoms. The minimum Gasteiger partial charge on any atom is -0.493 e. The van der Waals surface area contributed by atoms with Crippen LogP contribution >= 0.6 is 0 Å². The van der Waals surface area contributed by atoms with Crippen LogP contribution < -0.4 is 24.8 Å². The van der Waals surface area contributed by atoms with E-state index < -0.39 is 11.9 Å². The Kier molecular flexibility index (Phi) is 4.97. The van der Waals surface area contributed by atoms with E-state index in [0.29, 0.717) is 17.9 Å². The Morgan fingerprint density at radius 3 is 2.46 bits per heavy atom. The summed E-state index contributed by atoms with van der Waals surface area (Å²) < 4.78 is 15.9. The van der Waals surface area contributed by atoms with Crippen molar-refractivity contribution >= 4 is 17.5 Å². The number of fused-ring (bicyclic) bond motifs is 1. The third kappa shape index (κ3) is 3.15. The van der Waals surface area contributed by atoms with Gasteiger partial charge in [0.1, 0.15) is 6.04 Å². The van der Waals surface area contributed by atoms with Crippen molar-refractivity contribution in [2.45, 2.75) is 12.5 Å². The normalized spacial score (nSPS) is 15.5. The minimum atomic E-state index is -0.671. The number of ether oxygens (including phenoxy) is 3. The standard InChI is InChI=1S/C19H20N2O5/c1-24-15-9-8-12(16(25-2)17(15)26-3)18(22)21-14-10-11-6-4-5-7-13(11)20-19(14)23/h4-9,14H,10H2,1-3H3,(H,20,23)(H,21,22)/t14-/m1/s1. The fraction of sp³-hybridized carbons (Fsp3) is 0.263. The van der Waals surface area contributed by atoms with Crippen molar-refractivity contribution in [1.82, 2.24) is 5.32 Å². The maximum Gasteiger partial charge on any atom is 0.255 e. The van der Waals surface area contributed by atoms with E-state index >= 15 is 0 Å². The highest BCUT2D eigenvalue weighted by Gasteiger charge is 2.29. The quantitative estimate of drug-likeness (QED) is 0.856. The molecular weight excluding hydrogens is 336 g/mol. The maximum atomic E-state index is 12.8. The highest BCUT2D eigenvalue weighted by atomic mass is 16.5. The number of hydrogen-bond donors (Lipinski definition) is 2. The fourth-order valence-corrected chi connectivity index (χ4v) is 2.99. The first-order chi connectivity index (χ1) is 12.6. The summed E-state index contributed by atoms with van der Waals surface area (Å²) in [6.07, 6.45) is 0.420. The summed E-state index contributed by atoms with van der Waals surface area (Å²) in [5.41, 5.74) is 2.00. The topological polar surface area (TPSA) is 85.9 Å². The number of rotatable bonds is 5. The van der Waals surface area contributed by atoms with Crippen molar-refractivity contribution in [3.8, 4) is 17.2 Å². The van der Waals surface area contributed by atoms with Crippen LogP contribution in [-0.4, -0.2) is 39.2 Å². The average molecular weight is 356 g/mol. The maximum absolute atomic E-state index is 12.8. The second-order valence-corrected chi connectivity index (χ2v) is 5.76. The SMILES string of the molecule is COc1ccc(C(=O)N[C@@H]2Cc3ccccc3NC2=O)c(OC)c1OC. The number of nitrogens with one attached hydrogen (secondary N) is 2. The lowest BCUT2D eigenvalue weighted by Gasteiger charge is -2.25. The monoisotopic (exact) mass is 356 g/mol. The summed E-state index contributed by atoms with van der Waals surface area (Å²) in [4.78, 5) is 25.1. The van der Waals surface area contributed by atoms with Crippen molar-refractivity contribution in [2.75, 3.05) is 26.6 Å². The van der Waals surface area contributed by atoms with E-state index in [4.69, 9.17) is 14.2 Å².